The lowest BCUT2D eigenvalue weighted by Gasteiger charge is -2.28. The summed E-state index contributed by atoms with van der Waals surface area (Å²) in [6.07, 6.45) is 0.883. The van der Waals surface area contributed by atoms with Crippen LogP contribution in [-0.4, -0.2) is 18.7 Å². The van der Waals surface area contributed by atoms with E-state index in [9.17, 15) is 14.0 Å². The quantitative estimate of drug-likeness (QED) is 0.477. The summed E-state index contributed by atoms with van der Waals surface area (Å²) in [7, 11) is 1.68. The van der Waals surface area contributed by atoms with E-state index in [2.05, 4.69) is 11.8 Å². The van der Waals surface area contributed by atoms with Crippen LogP contribution in [0.4, 0.5) is 10.1 Å². The molecule has 0 bridgehead atoms. The standard InChI is InChI=1S/C24H18FNO2S/c1-26-21-15-19(9-5-8-16-6-3-2-4-7-16)29-23(21)22(27)20(24(26)28)14-17-10-12-18(25)13-11-17/h2-4,6-7,10-13,15,20H,8,14H2,1H3. The van der Waals surface area contributed by atoms with Crippen molar-refractivity contribution in [1.29, 1.82) is 0 Å². The number of carbonyl (C=O) groups is 2. The molecule has 1 atom stereocenters. The summed E-state index contributed by atoms with van der Waals surface area (Å²) in [6.45, 7) is 0. The minimum atomic E-state index is -0.790. The van der Waals surface area contributed by atoms with Crippen molar-refractivity contribution in [2.45, 2.75) is 12.8 Å². The molecule has 4 rings (SSSR count). The smallest absolute Gasteiger partial charge is 0.238 e. The van der Waals surface area contributed by atoms with E-state index in [1.54, 1.807) is 19.2 Å². The number of rotatable bonds is 3. The highest BCUT2D eigenvalue weighted by atomic mass is 32.1. The molecule has 0 saturated heterocycles. The Morgan fingerprint density at radius 3 is 2.48 bits per heavy atom. The second-order valence-electron chi connectivity index (χ2n) is 6.93. The van der Waals surface area contributed by atoms with Crippen molar-refractivity contribution in [1.82, 2.24) is 0 Å². The third kappa shape index (κ3) is 3.98. The molecule has 1 amide bonds. The number of thiophene rings is 1. The minimum absolute atomic E-state index is 0.187. The molecule has 144 valence electrons. The molecule has 0 fully saturated rings. The number of carbonyl (C=O) groups excluding carboxylic acids is 2. The van der Waals surface area contributed by atoms with Crippen LogP contribution in [0.1, 0.15) is 25.7 Å². The number of fused-ring (bicyclic) bond motifs is 1. The number of nitrogens with zero attached hydrogens (tertiary/aromatic N) is 1. The first-order valence-corrected chi connectivity index (χ1v) is 10.1. The number of amides is 1. The predicted molar refractivity (Wildman–Crippen MR) is 113 cm³/mol. The van der Waals surface area contributed by atoms with Crippen LogP contribution in [0.15, 0.2) is 60.7 Å². The maximum Gasteiger partial charge on any atom is 0.238 e. The van der Waals surface area contributed by atoms with Gasteiger partial charge < -0.3 is 4.90 Å². The van der Waals surface area contributed by atoms with Crippen LogP contribution in [0.5, 0.6) is 0 Å². The van der Waals surface area contributed by atoms with E-state index in [0.29, 0.717) is 17.0 Å². The molecule has 0 radical (unpaired) electrons. The summed E-state index contributed by atoms with van der Waals surface area (Å²) < 4.78 is 13.1. The third-order valence-corrected chi connectivity index (χ3v) is 6.00. The van der Waals surface area contributed by atoms with E-state index in [1.807, 2.05) is 36.4 Å². The van der Waals surface area contributed by atoms with Gasteiger partial charge in [-0.3, -0.25) is 9.59 Å². The van der Waals surface area contributed by atoms with E-state index in [1.165, 1.54) is 28.4 Å². The molecule has 1 unspecified atom stereocenters. The number of anilines is 1. The van der Waals surface area contributed by atoms with Gasteiger partial charge in [0.1, 0.15) is 11.7 Å². The monoisotopic (exact) mass is 403 g/mol. The fraction of sp³-hybridized carbons (Fsp3) is 0.167. The Morgan fingerprint density at radius 2 is 1.76 bits per heavy atom. The van der Waals surface area contributed by atoms with Gasteiger partial charge >= 0.3 is 0 Å². The molecule has 29 heavy (non-hydrogen) atoms. The minimum Gasteiger partial charge on any atom is -0.313 e. The van der Waals surface area contributed by atoms with Crippen LogP contribution in [0.2, 0.25) is 0 Å². The second kappa shape index (κ2) is 8.02. The Kier molecular flexibility index (Phi) is 5.28. The van der Waals surface area contributed by atoms with Gasteiger partial charge in [-0.15, -0.1) is 11.3 Å². The van der Waals surface area contributed by atoms with Gasteiger partial charge in [-0.1, -0.05) is 54.3 Å². The number of hydrogen-bond acceptors (Lipinski definition) is 3. The van der Waals surface area contributed by atoms with Crippen molar-refractivity contribution in [3.63, 3.8) is 0 Å². The van der Waals surface area contributed by atoms with Gasteiger partial charge in [0.25, 0.3) is 0 Å². The molecule has 0 aliphatic carbocycles. The normalized spacial score (nSPS) is 15.7. The fourth-order valence-electron chi connectivity index (χ4n) is 3.36. The maximum absolute atomic E-state index is 13.1. The van der Waals surface area contributed by atoms with Gasteiger partial charge in [0, 0.05) is 13.5 Å². The summed E-state index contributed by atoms with van der Waals surface area (Å²) in [6, 6.07) is 17.7. The zero-order chi connectivity index (χ0) is 20.4. The first kappa shape index (κ1) is 19.1. The van der Waals surface area contributed by atoms with Crippen molar-refractivity contribution in [2.75, 3.05) is 11.9 Å². The van der Waals surface area contributed by atoms with Crippen LogP contribution in [-0.2, 0) is 17.6 Å². The highest BCUT2D eigenvalue weighted by molar-refractivity contribution is 7.15. The summed E-state index contributed by atoms with van der Waals surface area (Å²) >= 11 is 1.32. The lowest BCUT2D eigenvalue weighted by atomic mass is 9.90. The van der Waals surface area contributed by atoms with Gasteiger partial charge in [-0.2, -0.15) is 0 Å². The molecule has 2 heterocycles. The van der Waals surface area contributed by atoms with Crippen LogP contribution in [0.25, 0.3) is 0 Å². The fourth-order valence-corrected chi connectivity index (χ4v) is 4.41. The zero-order valence-corrected chi connectivity index (χ0v) is 16.6. The molecule has 1 aliphatic rings. The SMILES string of the molecule is CN1C(=O)C(Cc2ccc(F)cc2)C(=O)c2sc(C#CCc3ccccc3)cc21. The molecular weight excluding hydrogens is 385 g/mol. The van der Waals surface area contributed by atoms with Crippen molar-refractivity contribution in [3.05, 3.63) is 87.4 Å². The van der Waals surface area contributed by atoms with E-state index in [-0.39, 0.29) is 23.9 Å². The molecule has 1 aliphatic heterocycles. The van der Waals surface area contributed by atoms with E-state index in [4.69, 9.17) is 0 Å². The van der Waals surface area contributed by atoms with E-state index >= 15 is 0 Å². The van der Waals surface area contributed by atoms with Gasteiger partial charge in [-0.05, 0) is 35.7 Å². The highest BCUT2D eigenvalue weighted by Gasteiger charge is 2.39. The molecule has 0 saturated carbocycles. The van der Waals surface area contributed by atoms with Crippen LogP contribution in [0, 0.1) is 23.6 Å². The number of Topliss-reactive ketones (excluding diaryl/α,β-unsaturated/α-hetero) is 1. The Balaban J connectivity index is 1.56. The predicted octanol–water partition coefficient (Wildman–Crippen LogP) is 4.50. The van der Waals surface area contributed by atoms with Crippen molar-refractivity contribution < 1.29 is 14.0 Å². The number of benzene rings is 2. The van der Waals surface area contributed by atoms with E-state index < -0.39 is 5.92 Å². The molecular formula is C24H18FNO2S. The highest BCUT2D eigenvalue weighted by Crippen LogP contribution is 2.37. The second-order valence-corrected chi connectivity index (χ2v) is 7.99. The van der Waals surface area contributed by atoms with Gasteiger partial charge in [0.05, 0.1) is 15.4 Å². The Labute approximate surface area is 172 Å². The number of ketones is 1. The maximum atomic E-state index is 13.1. The van der Waals surface area contributed by atoms with Crippen LogP contribution >= 0.6 is 11.3 Å². The number of hydrogen-bond donors (Lipinski definition) is 0. The van der Waals surface area contributed by atoms with Crippen molar-refractivity contribution in [3.8, 4) is 11.8 Å². The van der Waals surface area contributed by atoms with Crippen molar-refractivity contribution >= 4 is 28.7 Å². The molecule has 5 heteroatoms. The molecule has 1 aromatic heterocycles. The summed E-state index contributed by atoms with van der Waals surface area (Å²) in [5, 5.41) is 0. The first-order chi connectivity index (χ1) is 14.0. The topological polar surface area (TPSA) is 37.4 Å². The molecule has 0 N–H and O–H groups in total. The Bertz CT molecular complexity index is 1120. The number of halogens is 1. The molecule has 2 aromatic carbocycles. The largest absolute Gasteiger partial charge is 0.313 e. The molecule has 3 nitrogen and oxygen atoms in total. The molecule has 0 spiro atoms. The lowest BCUT2D eigenvalue weighted by molar-refractivity contribution is -0.120. The third-order valence-electron chi connectivity index (χ3n) is 4.94. The average Bonchev–Trinajstić information content (AvgIpc) is 3.16. The summed E-state index contributed by atoms with van der Waals surface area (Å²) in [5.74, 6) is 4.69. The zero-order valence-electron chi connectivity index (χ0n) is 15.8. The van der Waals surface area contributed by atoms with Gasteiger partial charge in [-0.25, -0.2) is 4.39 Å². The van der Waals surface area contributed by atoms with Crippen molar-refractivity contribution in [2.24, 2.45) is 5.92 Å². The van der Waals surface area contributed by atoms with Crippen LogP contribution in [0.3, 0.4) is 0 Å². The van der Waals surface area contributed by atoms with Crippen LogP contribution < -0.4 is 4.90 Å². The summed E-state index contributed by atoms with van der Waals surface area (Å²) in [4.78, 5) is 28.6. The lowest BCUT2D eigenvalue weighted by Crippen LogP contribution is -2.42. The molecule has 3 aromatic rings. The summed E-state index contributed by atoms with van der Waals surface area (Å²) in [5.41, 5.74) is 2.50. The Hall–Kier alpha value is -3.23. The van der Waals surface area contributed by atoms with Gasteiger partial charge in [0.2, 0.25) is 5.91 Å². The van der Waals surface area contributed by atoms with Gasteiger partial charge in [0.15, 0.2) is 5.78 Å². The average molecular weight is 403 g/mol. The Morgan fingerprint density at radius 1 is 1.03 bits per heavy atom. The van der Waals surface area contributed by atoms with E-state index in [0.717, 1.165) is 16.0 Å². The first-order valence-electron chi connectivity index (χ1n) is 9.26.